The van der Waals surface area contributed by atoms with Crippen LogP contribution in [0.5, 0.6) is 0 Å². The fourth-order valence-electron chi connectivity index (χ4n) is 13.3. The van der Waals surface area contributed by atoms with Crippen molar-refractivity contribution in [3.63, 3.8) is 0 Å². The van der Waals surface area contributed by atoms with Gasteiger partial charge in [-0.2, -0.15) is 0 Å². The molecule has 0 saturated carbocycles. The molecule has 42 heteroatoms. The summed E-state index contributed by atoms with van der Waals surface area (Å²) >= 11 is 0. The van der Waals surface area contributed by atoms with Gasteiger partial charge in [-0.3, -0.25) is 86.3 Å². The second-order valence-corrected chi connectivity index (χ2v) is 32.3. The van der Waals surface area contributed by atoms with Crippen LogP contribution in [0.1, 0.15) is 121 Å². The molecule has 132 heavy (non-hydrogen) atoms. The standard InChI is InChI=1S/C90H120N16O26/c1-8-51(6)75(90(131)132)106-88(129)69(48-109)103-87(128)68(47-108)104-89(130)74(50(4)5)105-85(126)65(43-57-32-22-13-23-33-57)99-84(125)66(44-73(115)116)101-79(120)60(35-37-72(113)114)96-82(123)63(41-55-28-18-11-19-29-55)97-76(117)52(7)93-80(121)61(38-49(2)3)98-83(124)64(42-56-30-20-12-21-31-56)100-86(127)67(46-107)102-81(122)62(40-54-26-16-10-17-27-54)94-70(110)45-92-78(119)59(34-36-71(111)112)95-77(118)58(91)39-53-24-14-9-15-25-53/h9-33,49-52,58-69,74-75,107-109H,8,34-48,91H2,1-7H3,(H,92,119)(H,93,121)(H,94,110)(H,95,118)(H,96,123)(H,97,117)(H,98,124)(H,99,125)(H,100,127)(H,101,120)(H,102,122)(H,103,128)(H,104,130)(H,105,126)(H,106,129)(H,111,112)(H,113,114)(H,115,116)(H,131,132)/t51-,52-,58-,59-,60-,61-,62-,63-,64-,65-,66-,67-,68-,69-,74-,75-/m0/s1. The first kappa shape index (κ1) is 108. The third-order valence-electron chi connectivity index (χ3n) is 20.9. The molecule has 42 nitrogen and oxygen atoms in total. The van der Waals surface area contributed by atoms with Crippen molar-refractivity contribution in [3.8, 4) is 0 Å². The van der Waals surface area contributed by atoms with Gasteiger partial charge in [-0.15, -0.1) is 0 Å². The fraction of sp³-hybridized carbons (Fsp3) is 0.456. The molecule has 5 aromatic carbocycles. The Kier molecular flexibility index (Phi) is 45.7. The number of nitrogens with one attached hydrogen (secondary N) is 15. The van der Waals surface area contributed by atoms with Crippen LogP contribution in [0.25, 0.3) is 0 Å². The SMILES string of the molecule is CC[C@H](C)[C@H](NC(=O)[C@H](CO)NC(=O)[C@H](CO)NC(=O)[C@@H](NC(=O)[C@H](Cc1ccccc1)NC(=O)[C@H](CC(=O)O)NC(=O)[C@H](CCC(=O)O)NC(=O)[C@H](Cc1ccccc1)NC(=O)[C@H](C)NC(=O)[C@H](CC(C)C)NC(=O)[C@H](Cc1ccccc1)NC(=O)[C@H](CO)NC(=O)[C@H](Cc1ccccc1)NC(=O)CNC(=O)[C@H](CCC(=O)O)NC(=O)[C@@H](N)Cc1ccccc1)C(C)C)C(=O)O. The minimum absolute atomic E-state index is 0.0681. The van der Waals surface area contributed by atoms with E-state index in [4.69, 9.17) is 5.73 Å². The Morgan fingerprint density at radius 2 is 0.598 bits per heavy atom. The molecule has 16 atom stereocenters. The van der Waals surface area contributed by atoms with Crippen molar-refractivity contribution in [1.29, 1.82) is 0 Å². The quantitative estimate of drug-likeness (QED) is 0.0179. The normalized spacial score (nSPS) is 14.7. The predicted octanol–water partition coefficient (Wildman–Crippen LogP) is -3.54. The predicted molar refractivity (Wildman–Crippen MR) is 473 cm³/mol. The summed E-state index contributed by atoms with van der Waals surface area (Å²) in [6.07, 6.45) is -4.76. The van der Waals surface area contributed by atoms with E-state index in [2.05, 4.69) is 79.8 Å². The number of benzene rings is 5. The van der Waals surface area contributed by atoms with E-state index >= 15 is 0 Å². The lowest BCUT2D eigenvalue weighted by Crippen LogP contribution is -2.62. The largest absolute Gasteiger partial charge is 0.481 e. The molecule has 0 saturated heterocycles. The van der Waals surface area contributed by atoms with Crippen molar-refractivity contribution in [1.82, 2.24) is 79.8 Å². The highest BCUT2D eigenvalue weighted by atomic mass is 16.4. The van der Waals surface area contributed by atoms with Gasteiger partial charge in [0.15, 0.2) is 0 Å². The van der Waals surface area contributed by atoms with Crippen molar-refractivity contribution in [2.45, 2.75) is 216 Å². The van der Waals surface area contributed by atoms with Crippen LogP contribution in [0.3, 0.4) is 0 Å². The van der Waals surface area contributed by atoms with E-state index in [1.807, 2.05) is 0 Å². The molecule has 0 bridgehead atoms. The van der Waals surface area contributed by atoms with Crippen molar-refractivity contribution >= 4 is 112 Å². The van der Waals surface area contributed by atoms with E-state index in [9.17, 15) is 127 Å². The van der Waals surface area contributed by atoms with Gasteiger partial charge in [0, 0.05) is 38.5 Å². The van der Waals surface area contributed by atoms with Gasteiger partial charge >= 0.3 is 23.9 Å². The number of aliphatic carboxylic acids is 4. The topological polar surface area (TPSA) is 672 Å². The van der Waals surface area contributed by atoms with Crippen LogP contribution < -0.4 is 85.5 Å². The van der Waals surface area contributed by atoms with Gasteiger partial charge in [0.05, 0.1) is 38.8 Å². The van der Waals surface area contributed by atoms with Crippen molar-refractivity contribution in [2.24, 2.45) is 23.5 Å². The smallest absolute Gasteiger partial charge is 0.326 e. The van der Waals surface area contributed by atoms with Crippen molar-refractivity contribution < 1.29 is 127 Å². The molecule has 0 heterocycles. The Balaban J connectivity index is 1.34. The summed E-state index contributed by atoms with van der Waals surface area (Å²) in [5.41, 5.74) is 8.56. The lowest BCUT2D eigenvalue weighted by Gasteiger charge is -2.29. The Bertz CT molecular complexity index is 4730. The van der Waals surface area contributed by atoms with Crippen molar-refractivity contribution in [3.05, 3.63) is 179 Å². The third kappa shape index (κ3) is 37.9. The number of rotatable bonds is 57. The van der Waals surface area contributed by atoms with Crippen LogP contribution in [-0.2, 0) is 123 Å². The third-order valence-corrected chi connectivity index (χ3v) is 20.9. The summed E-state index contributed by atoms with van der Waals surface area (Å²) in [6, 6.07) is 15.9. The summed E-state index contributed by atoms with van der Waals surface area (Å²) in [5.74, 6) is -24.1. The van der Waals surface area contributed by atoms with Gasteiger partial charge in [-0.05, 0) is 78.2 Å². The molecule has 5 rings (SSSR count). The van der Waals surface area contributed by atoms with Crippen LogP contribution in [0, 0.1) is 17.8 Å². The molecular weight excluding hydrogens is 1720 g/mol. The number of nitrogens with two attached hydrogens (primary N) is 1. The minimum atomic E-state index is -2.13. The average molecular weight is 1840 g/mol. The average Bonchev–Trinajstić information content (AvgIpc) is 0.850. The molecule has 5 aromatic rings. The Morgan fingerprint density at radius 3 is 0.970 bits per heavy atom. The Morgan fingerprint density at radius 1 is 0.303 bits per heavy atom. The zero-order chi connectivity index (χ0) is 97.8. The number of carbonyl (C=O) groups excluding carboxylic acids is 15. The summed E-state index contributed by atoms with van der Waals surface area (Å²) in [5, 5.41) is 106. The van der Waals surface area contributed by atoms with Crippen LogP contribution in [0.4, 0.5) is 0 Å². The summed E-state index contributed by atoms with van der Waals surface area (Å²) in [6.45, 7) is 6.65. The summed E-state index contributed by atoms with van der Waals surface area (Å²) in [7, 11) is 0. The monoisotopic (exact) mass is 1840 g/mol. The number of carboxylic acids is 4. The van der Waals surface area contributed by atoms with E-state index in [0.29, 0.717) is 34.2 Å². The second-order valence-electron chi connectivity index (χ2n) is 32.3. The van der Waals surface area contributed by atoms with Gasteiger partial charge in [-0.25, -0.2) is 4.79 Å². The lowest BCUT2D eigenvalue weighted by atomic mass is 9.99. The molecule has 0 aliphatic heterocycles. The Hall–Kier alpha value is -14.1. The maximum Gasteiger partial charge on any atom is 0.326 e. The first-order valence-electron chi connectivity index (χ1n) is 42.8. The minimum Gasteiger partial charge on any atom is -0.481 e. The highest BCUT2D eigenvalue weighted by Crippen LogP contribution is 2.16. The maximum absolute atomic E-state index is 14.7. The number of hydrogen-bond donors (Lipinski definition) is 23. The lowest BCUT2D eigenvalue weighted by molar-refractivity contribution is -0.144. The van der Waals surface area contributed by atoms with E-state index in [-0.39, 0.29) is 44.4 Å². The van der Waals surface area contributed by atoms with Gasteiger partial charge in [0.2, 0.25) is 88.6 Å². The molecule has 0 fully saturated rings. The van der Waals surface area contributed by atoms with Gasteiger partial charge in [0.25, 0.3) is 0 Å². The van der Waals surface area contributed by atoms with E-state index in [1.54, 1.807) is 179 Å². The van der Waals surface area contributed by atoms with Gasteiger partial charge < -0.3 is 121 Å². The highest BCUT2D eigenvalue weighted by Gasteiger charge is 2.40. The van der Waals surface area contributed by atoms with Crippen LogP contribution in [-0.4, -0.2) is 265 Å². The summed E-state index contributed by atoms with van der Waals surface area (Å²) in [4.78, 5) is 260. The maximum atomic E-state index is 14.7. The molecule has 716 valence electrons. The number of carbonyl (C=O) groups is 19. The van der Waals surface area contributed by atoms with Gasteiger partial charge in [0.1, 0.15) is 84.6 Å². The Labute approximate surface area is 761 Å². The molecule has 15 amide bonds. The van der Waals surface area contributed by atoms with Crippen LogP contribution in [0.2, 0.25) is 0 Å². The number of hydrogen-bond acceptors (Lipinski definition) is 23. The fourth-order valence-corrected chi connectivity index (χ4v) is 13.3. The zero-order valence-electron chi connectivity index (χ0n) is 74.1. The molecular formula is C90H120N16O26. The van der Waals surface area contributed by atoms with Crippen molar-refractivity contribution in [2.75, 3.05) is 26.4 Å². The first-order valence-corrected chi connectivity index (χ1v) is 42.8. The molecule has 0 spiro atoms. The summed E-state index contributed by atoms with van der Waals surface area (Å²) < 4.78 is 0. The molecule has 0 unspecified atom stereocenters. The van der Waals surface area contributed by atoms with E-state index in [1.165, 1.54) is 20.8 Å². The molecule has 0 aromatic heterocycles. The number of aliphatic hydroxyl groups excluding tert-OH is 3. The van der Waals surface area contributed by atoms with Gasteiger partial charge in [-0.1, -0.05) is 200 Å². The van der Waals surface area contributed by atoms with Crippen LogP contribution >= 0.6 is 0 Å². The van der Waals surface area contributed by atoms with E-state index < -0.39 is 273 Å². The molecule has 0 aliphatic carbocycles. The second kappa shape index (κ2) is 55.7. The highest BCUT2D eigenvalue weighted by molar-refractivity contribution is 6.01. The molecule has 24 N–H and O–H groups in total. The first-order chi connectivity index (χ1) is 62.6. The molecule has 0 radical (unpaired) electrons. The van der Waals surface area contributed by atoms with E-state index in [0.717, 1.165) is 0 Å². The van der Waals surface area contributed by atoms with Crippen LogP contribution in [0.15, 0.2) is 152 Å². The zero-order valence-corrected chi connectivity index (χ0v) is 74.1. The molecule has 0 aliphatic rings. The number of aliphatic hydroxyl groups is 3. The number of amides is 15. The number of carboxylic acid groups (broad SMARTS) is 4.